The average molecular weight is 611 g/mol. The van der Waals surface area contributed by atoms with E-state index in [1.807, 2.05) is 5.32 Å². The van der Waals surface area contributed by atoms with Crippen LogP contribution in [-0.4, -0.2) is 27.7 Å². The van der Waals surface area contributed by atoms with Crippen LogP contribution >= 0.6 is 23.2 Å². The number of amides is 4. The predicted molar refractivity (Wildman–Crippen MR) is 137 cm³/mol. The molecule has 1 aliphatic heterocycles. The number of hydrogen-bond acceptors (Lipinski definition) is 8. The van der Waals surface area contributed by atoms with Gasteiger partial charge in [0.1, 0.15) is 5.57 Å². The number of benzene rings is 3. The van der Waals surface area contributed by atoms with Gasteiger partial charge in [0, 0.05) is 18.2 Å². The van der Waals surface area contributed by atoms with Gasteiger partial charge < -0.3 is 4.74 Å². The fourth-order valence-corrected chi connectivity index (χ4v) is 4.18. The van der Waals surface area contributed by atoms with Crippen molar-refractivity contribution in [3.05, 3.63) is 102 Å². The number of rotatable bonds is 6. The van der Waals surface area contributed by atoms with Crippen LogP contribution in [0.25, 0.3) is 6.08 Å². The molecule has 1 aliphatic rings. The summed E-state index contributed by atoms with van der Waals surface area (Å²) in [5.74, 6) is -3.22. The molecule has 0 radical (unpaired) electrons. The maximum atomic E-state index is 13.1. The third-order valence-electron chi connectivity index (χ3n) is 5.43. The van der Waals surface area contributed by atoms with E-state index >= 15 is 0 Å². The summed E-state index contributed by atoms with van der Waals surface area (Å²) < 4.78 is 44.3. The lowest BCUT2D eigenvalue weighted by atomic mass is 10.1. The first-order chi connectivity index (χ1) is 19.2. The molecule has 3 aromatic rings. The smallest absolute Gasteiger partial charge is 0.416 e. The van der Waals surface area contributed by atoms with Gasteiger partial charge in [-0.05, 0) is 42.0 Å². The Morgan fingerprint density at radius 3 is 2.17 bits per heavy atom. The summed E-state index contributed by atoms with van der Waals surface area (Å²) >= 11 is 12.4. The maximum Gasteiger partial charge on any atom is 0.416 e. The first-order valence-electron chi connectivity index (χ1n) is 10.9. The van der Waals surface area contributed by atoms with Crippen molar-refractivity contribution in [3.8, 4) is 11.5 Å². The number of nitrogens with one attached hydrogen (secondary N) is 1. The van der Waals surface area contributed by atoms with Crippen LogP contribution in [0.3, 0.4) is 0 Å². The monoisotopic (exact) mass is 610 g/mol. The molecular weight excluding hydrogens is 600 g/mol. The van der Waals surface area contributed by atoms with Crippen LogP contribution in [0.5, 0.6) is 11.5 Å². The van der Waals surface area contributed by atoms with Gasteiger partial charge in [0.2, 0.25) is 5.75 Å². The van der Waals surface area contributed by atoms with Gasteiger partial charge in [0.05, 0.1) is 31.1 Å². The number of hydrogen-bond donors (Lipinski definition) is 1. The molecule has 1 saturated heterocycles. The van der Waals surface area contributed by atoms with Crippen LogP contribution in [0.2, 0.25) is 10.0 Å². The normalized spacial score (nSPS) is 14.7. The van der Waals surface area contributed by atoms with Crippen LogP contribution in [0.15, 0.2) is 60.2 Å². The molecule has 12 nitrogen and oxygen atoms in total. The van der Waals surface area contributed by atoms with Gasteiger partial charge >= 0.3 is 17.9 Å². The number of imide groups is 2. The fraction of sp³-hybridized carbons (Fsp3) is 0.0417. The van der Waals surface area contributed by atoms with Crippen LogP contribution in [0.4, 0.5) is 35.0 Å². The third-order valence-corrected chi connectivity index (χ3v) is 5.99. The Morgan fingerprint density at radius 1 is 0.927 bits per heavy atom. The molecule has 3 aromatic carbocycles. The minimum Gasteiger partial charge on any atom is -0.447 e. The van der Waals surface area contributed by atoms with E-state index in [-0.39, 0.29) is 33.1 Å². The summed E-state index contributed by atoms with van der Waals surface area (Å²) in [6.45, 7) is 0. The van der Waals surface area contributed by atoms with Gasteiger partial charge in [-0.3, -0.25) is 35.1 Å². The number of anilines is 1. The van der Waals surface area contributed by atoms with Crippen LogP contribution in [-0.2, 0) is 15.8 Å². The Hall–Kier alpha value is -5.02. The minimum absolute atomic E-state index is 0.0149. The van der Waals surface area contributed by atoms with Crippen molar-refractivity contribution < 1.29 is 42.1 Å². The second-order valence-corrected chi connectivity index (χ2v) is 8.90. The maximum absolute atomic E-state index is 13.1. The average Bonchev–Trinajstić information content (AvgIpc) is 2.88. The molecule has 4 amide bonds. The molecule has 0 saturated carbocycles. The Labute approximate surface area is 235 Å². The number of halogens is 5. The van der Waals surface area contributed by atoms with E-state index in [0.717, 1.165) is 30.3 Å². The predicted octanol–water partition coefficient (Wildman–Crippen LogP) is 6.29. The minimum atomic E-state index is -4.86. The summed E-state index contributed by atoms with van der Waals surface area (Å²) in [6.07, 6.45) is -3.86. The number of ether oxygens (including phenoxy) is 1. The molecule has 41 heavy (non-hydrogen) atoms. The Balaban J connectivity index is 1.69. The quantitative estimate of drug-likeness (QED) is 0.147. The standard InChI is InChI=1S/C24H11Cl2F3N4O8/c25-16-7-11(8-17(26)20(16)41-19-5-4-12(24(27,28)29)9-18(19)33(39)40)6-15-21(34)30-23(36)31(22(15)35)13-2-1-3-14(10-13)32(37)38/h1-10H,(H,30,34,36)/b15-6+. The van der Waals surface area contributed by atoms with Crippen LogP contribution in [0.1, 0.15) is 11.1 Å². The van der Waals surface area contributed by atoms with Crippen molar-refractivity contribution in [2.45, 2.75) is 6.18 Å². The topological polar surface area (TPSA) is 162 Å². The second-order valence-electron chi connectivity index (χ2n) is 8.09. The number of non-ortho nitro benzene ring substituents is 1. The molecule has 0 aromatic heterocycles. The zero-order valence-electron chi connectivity index (χ0n) is 19.8. The second kappa shape index (κ2) is 10.9. The van der Waals surface area contributed by atoms with Gasteiger partial charge in [0.25, 0.3) is 17.5 Å². The molecule has 17 heteroatoms. The summed E-state index contributed by atoms with van der Waals surface area (Å²) in [6, 6.07) is 7.19. The fourth-order valence-electron chi connectivity index (χ4n) is 3.60. The highest BCUT2D eigenvalue weighted by Crippen LogP contribution is 2.42. The number of nitro groups is 2. The summed E-state index contributed by atoms with van der Waals surface area (Å²) in [5.41, 5.74) is -3.50. The Bertz CT molecular complexity index is 1670. The van der Waals surface area contributed by atoms with Gasteiger partial charge in [-0.2, -0.15) is 13.2 Å². The van der Waals surface area contributed by atoms with Crippen molar-refractivity contribution in [1.29, 1.82) is 0 Å². The Kier molecular flexibility index (Phi) is 7.68. The lowest BCUT2D eigenvalue weighted by Crippen LogP contribution is -2.54. The largest absolute Gasteiger partial charge is 0.447 e. The number of alkyl halides is 3. The first-order valence-corrected chi connectivity index (χ1v) is 11.6. The summed E-state index contributed by atoms with van der Waals surface area (Å²) in [7, 11) is 0. The first kappa shape index (κ1) is 29.0. The number of nitro benzene ring substituents is 2. The lowest BCUT2D eigenvalue weighted by Gasteiger charge is -2.26. The van der Waals surface area contributed by atoms with E-state index in [9.17, 15) is 47.8 Å². The molecule has 1 N–H and O–H groups in total. The molecule has 4 rings (SSSR count). The van der Waals surface area contributed by atoms with E-state index in [2.05, 4.69) is 0 Å². The number of barbiturate groups is 1. The highest BCUT2D eigenvalue weighted by atomic mass is 35.5. The lowest BCUT2D eigenvalue weighted by molar-refractivity contribution is -0.385. The molecule has 0 unspecified atom stereocenters. The molecule has 0 bridgehead atoms. The third kappa shape index (κ3) is 5.95. The molecule has 0 spiro atoms. The van der Waals surface area contributed by atoms with Crippen molar-refractivity contribution >= 4 is 64.2 Å². The molecule has 1 heterocycles. The van der Waals surface area contributed by atoms with Crippen LogP contribution in [0, 0.1) is 20.2 Å². The van der Waals surface area contributed by atoms with E-state index in [0.29, 0.717) is 17.0 Å². The van der Waals surface area contributed by atoms with E-state index < -0.39 is 62.1 Å². The zero-order valence-corrected chi connectivity index (χ0v) is 21.3. The summed E-state index contributed by atoms with van der Waals surface area (Å²) in [4.78, 5) is 59.0. The van der Waals surface area contributed by atoms with Gasteiger partial charge in [-0.15, -0.1) is 0 Å². The molecule has 0 atom stereocenters. The van der Waals surface area contributed by atoms with E-state index in [1.54, 1.807) is 0 Å². The van der Waals surface area contributed by atoms with E-state index in [4.69, 9.17) is 27.9 Å². The molecule has 1 fully saturated rings. The zero-order chi connectivity index (χ0) is 30.2. The van der Waals surface area contributed by atoms with Gasteiger partial charge in [-0.25, -0.2) is 9.69 Å². The van der Waals surface area contributed by atoms with Crippen molar-refractivity contribution in [1.82, 2.24) is 5.32 Å². The molecule has 210 valence electrons. The van der Waals surface area contributed by atoms with Crippen molar-refractivity contribution in [2.24, 2.45) is 0 Å². The number of nitrogens with zero attached hydrogens (tertiary/aromatic N) is 3. The SMILES string of the molecule is O=C1NC(=O)N(c2cccc([N+](=O)[O-])c2)C(=O)/C1=C/c1cc(Cl)c(Oc2ccc(C(F)(F)F)cc2[N+](=O)[O-])c(Cl)c1. The molecular formula is C24H11Cl2F3N4O8. The van der Waals surface area contributed by atoms with Crippen LogP contribution < -0.4 is 15.0 Å². The van der Waals surface area contributed by atoms with Gasteiger partial charge in [-0.1, -0.05) is 29.3 Å². The Morgan fingerprint density at radius 2 is 1.59 bits per heavy atom. The van der Waals surface area contributed by atoms with Crippen molar-refractivity contribution in [2.75, 3.05) is 4.90 Å². The summed E-state index contributed by atoms with van der Waals surface area (Å²) in [5, 5.41) is 23.8. The highest BCUT2D eigenvalue weighted by Gasteiger charge is 2.37. The molecule has 0 aliphatic carbocycles. The number of carbonyl (C=O) groups excluding carboxylic acids is 3. The van der Waals surface area contributed by atoms with E-state index in [1.165, 1.54) is 12.1 Å². The van der Waals surface area contributed by atoms with Crippen molar-refractivity contribution in [3.63, 3.8) is 0 Å². The highest BCUT2D eigenvalue weighted by molar-refractivity contribution is 6.40. The number of urea groups is 1. The number of carbonyl (C=O) groups is 3. The van der Waals surface area contributed by atoms with Gasteiger partial charge in [0.15, 0.2) is 5.75 Å².